The quantitative estimate of drug-likeness (QED) is 0.672. The number of carbonyl (C=O) groups is 1. The first-order valence-corrected chi connectivity index (χ1v) is 10.4. The van der Waals surface area contributed by atoms with Crippen molar-refractivity contribution >= 4 is 21.6 Å². The standard InChI is InChI=1S/C20H23N3O5S/c1-4-23(5-2)29(25,26)19-14-15(6-11-18(19)27-3)20(24)22-16-7-9-17(10-8-16)28-13-12-21/h6-11,14H,4-5,13H2,1-3H3,(H,22,24). The average molecular weight is 417 g/mol. The first kappa shape index (κ1) is 22.2. The van der Waals surface area contributed by atoms with Crippen LogP contribution in [0.5, 0.6) is 11.5 Å². The number of nitrogens with one attached hydrogen (secondary N) is 1. The molecule has 0 aliphatic carbocycles. The van der Waals surface area contributed by atoms with Gasteiger partial charge in [-0.15, -0.1) is 0 Å². The molecule has 0 atom stereocenters. The molecule has 2 aromatic rings. The van der Waals surface area contributed by atoms with Gasteiger partial charge in [-0.25, -0.2) is 8.42 Å². The second kappa shape index (κ2) is 9.91. The molecule has 0 radical (unpaired) electrons. The molecule has 0 saturated carbocycles. The first-order valence-electron chi connectivity index (χ1n) is 8.96. The Kier molecular flexibility index (Phi) is 7.59. The van der Waals surface area contributed by atoms with E-state index in [1.54, 1.807) is 38.1 Å². The van der Waals surface area contributed by atoms with Crippen LogP contribution in [0.1, 0.15) is 24.2 Å². The molecule has 0 fully saturated rings. The number of sulfonamides is 1. The molecular weight excluding hydrogens is 394 g/mol. The van der Waals surface area contributed by atoms with Gasteiger partial charge in [0, 0.05) is 24.3 Å². The number of nitrogens with zero attached hydrogens (tertiary/aromatic N) is 2. The van der Waals surface area contributed by atoms with E-state index in [-0.39, 0.29) is 22.8 Å². The molecule has 1 amide bonds. The third-order valence-electron chi connectivity index (χ3n) is 4.16. The van der Waals surface area contributed by atoms with E-state index >= 15 is 0 Å². The van der Waals surface area contributed by atoms with Crippen LogP contribution in [0.25, 0.3) is 0 Å². The molecule has 0 aliphatic heterocycles. The van der Waals surface area contributed by atoms with E-state index in [2.05, 4.69) is 5.32 Å². The maximum Gasteiger partial charge on any atom is 0.255 e. The Labute approximate surface area is 170 Å². The zero-order valence-electron chi connectivity index (χ0n) is 16.5. The molecule has 0 heterocycles. The number of anilines is 1. The van der Waals surface area contributed by atoms with Crippen molar-refractivity contribution in [2.24, 2.45) is 0 Å². The van der Waals surface area contributed by atoms with Gasteiger partial charge >= 0.3 is 0 Å². The summed E-state index contributed by atoms with van der Waals surface area (Å²) in [6.45, 7) is 4.03. The minimum Gasteiger partial charge on any atom is -0.495 e. The lowest BCUT2D eigenvalue weighted by Gasteiger charge is -2.20. The summed E-state index contributed by atoms with van der Waals surface area (Å²) in [6.07, 6.45) is 0. The highest BCUT2D eigenvalue weighted by Crippen LogP contribution is 2.28. The van der Waals surface area contributed by atoms with Crippen molar-refractivity contribution in [3.05, 3.63) is 48.0 Å². The molecule has 0 saturated heterocycles. The normalized spacial score (nSPS) is 11.0. The van der Waals surface area contributed by atoms with Crippen molar-refractivity contribution < 1.29 is 22.7 Å². The summed E-state index contributed by atoms with van der Waals surface area (Å²) >= 11 is 0. The Hall–Kier alpha value is -3.09. The molecule has 0 bridgehead atoms. The molecular formula is C20H23N3O5S. The number of ether oxygens (including phenoxy) is 2. The predicted molar refractivity (Wildman–Crippen MR) is 109 cm³/mol. The monoisotopic (exact) mass is 417 g/mol. The minimum atomic E-state index is -3.80. The van der Waals surface area contributed by atoms with E-state index in [1.165, 1.54) is 29.6 Å². The van der Waals surface area contributed by atoms with Gasteiger partial charge in [-0.3, -0.25) is 4.79 Å². The summed E-state index contributed by atoms with van der Waals surface area (Å²) in [5, 5.41) is 11.2. The lowest BCUT2D eigenvalue weighted by molar-refractivity contribution is 0.102. The number of amides is 1. The van der Waals surface area contributed by atoms with Crippen LogP contribution in [0.3, 0.4) is 0 Å². The van der Waals surface area contributed by atoms with Crippen molar-refractivity contribution in [1.29, 1.82) is 5.26 Å². The topological polar surface area (TPSA) is 109 Å². The highest BCUT2D eigenvalue weighted by atomic mass is 32.2. The Bertz CT molecular complexity index is 994. The van der Waals surface area contributed by atoms with Crippen molar-refractivity contribution in [2.45, 2.75) is 18.7 Å². The summed E-state index contributed by atoms with van der Waals surface area (Å²) in [5.41, 5.74) is 0.685. The largest absolute Gasteiger partial charge is 0.495 e. The fourth-order valence-corrected chi connectivity index (χ4v) is 4.32. The van der Waals surface area contributed by atoms with Crippen LogP contribution in [0, 0.1) is 11.3 Å². The number of carbonyl (C=O) groups excluding carboxylic acids is 1. The van der Waals surface area contributed by atoms with Crippen LogP contribution < -0.4 is 14.8 Å². The second-order valence-corrected chi connectivity index (χ2v) is 7.79. The van der Waals surface area contributed by atoms with E-state index in [1.807, 2.05) is 6.07 Å². The highest BCUT2D eigenvalue weighted by Gasteiger charge is 2.26. The fourth-order valence-electron chi connectivity index (χ4n) is 2.68. The van der Waals surface area contributed by atoms with E-state index in [0.29, 0.717) is 24.5 Å². The molecule has 0 aliphatic rings. The predicted octanol–water partition coefficient (Wildman–Crippen LogP) is 2.88. The van der Waals surface area contributed by atoms with Crippen LogP contribution in [0.2, 0.25) is 0 Å². The molecule has 0 aromatic heterocycles. The van der Waals surface area contributed by atoms with Gasteiger partial charge in [-0.2, -0.15) is 9.57 Å². The third-order valence-corrected chi connectivity index (χ3v) is 6.24. The van der Waals surface area contributed by atoms with Gasteiger partial charge in [0.15, 0.2) is 6.61 Å². The summed E-state index contributed by atoms with van der Waals surface area (Å²) in [4.78, 5) is 12.6. The number of rotatable bonds is 9. The number of methoxy groups -OCH3 is 1. The van der Waals surface area contributed by atoms with Gasteiger partial charge in [0.05, 0.1) is 7.11 Å². The van der Waals surface area contributed by atoms with Crippen LogP contribution >= 0.6 is 0 Å². The van der Waals surface area contributed by atoms with Gasteiger partial charge < -0.3 is 14.8 Å². The smallest absolute Gasteiger partial charge is 0.255 e. The number of benzene rings is 2. The second-order valence-electron chi connectivity index (χ2n) is 5.88. The Balaban J connectivity index is 2.29. The summed E-state index contributed by atoms with van der Waals surface area (Å²) < 4.78 is 37.5. The van der Waals surface area contributed by atoms with E-state index in [9.17, 15) is 13.2 Å². The van der Waals surface area contributed by atoms with Gasteiger partial charge in [-0.05, 0) is 42.5 Å². The Morgan fingerprint density at radius 1 is 1.14 bits per heavy atom. The lowest BCUT2D eigenvalue weighted by atomic mass is 10.2. The van der Waals surface area contributed by atoms with Crippen LogP contribution in [-0.2, 0) is 10.0 Å². The average Bonchev–Trinajstić information content (AvgIpc) is 2.73. The van der Waals surface area contributed by atoms with Crippen LogP contribution in [0.15, 0.2) is 47.4 Å². The van der Waals surface area contributed by atoms with Crippen LogP contribution in [-0.4, -0.2) is 45.4 Å². The van der Waals surface area contributed by atoms with Crippen molar-refractivity contribution in [1.82, 2.24) is 4.31 Å². The summed E-state index contributed by atoms with van der Waals surface area (Å²) in [7, 11) is -2.42. The highest BCUT2D eigenvalue weighted by molar-refractivity contribution is 7.89. The van der Waals surface area contributed by atoms with Gasteiger partial charge in [0.25, 0.3) is 5.91 Å². The maximum atomic E-state index is 12.9. The zero-order valence-corrected chi connectivity index (χ0v) is 17.3. The molecule has 2 rings (SSSR count). The first-order chi connectivity index (χ1) is 13.9. The van der Waals surface area contributed by atoms with E-state index < -0.39 is 15.9 Å². The van der Waals surface area contributed by atoms with Crippen molar-refractivity contribution in [3.63, 3.8) is 0 Å². The van der Waals surface area contributed by atoms with Gasteiger partial charge in [0.2, 0.25) is 10.0 Å². The van der Waals surface area contributed by atoms with E-state index in [4.69, 9.17) is 14.7 Å². The molecule has 1 N–H and O–H groups in total. The van der Waals surface area contributed by atoms with Gasteiger partial charge in [-0.1, -0.05) is 13.8 Å². The summed E-state index contributed by atoms with van der Waals surface area (Å²) in [6, 6.07) is 12.6. The molecule has 154 valence electrons. The maximum absolute atomic E-state index is 12.9. The Morgan fingerprint density at radius 2 is 1.79 bits per heavy atom. The summed E-state index contributed by atoms with van der Waals surface area (Å²) in [5.74, 6) is 0.211. The SMILES string of the molecule is CCN(CC)S(=O)(=O)c1cc(C(=O)Nc2ccc(OCC#N)cc2)ccc1OC. The van der Waals surface area contributed by atoms with Crippen molar-refractivity contribution in [2.75, 3.05) is 32.1 Å². The Morgan fingerprint density at radius 3 is 2.34 bits per heavy atom. The van der Waals surface area contributed by atoms with Gasteiger partial charge in [0.1, 0.15) is 22.5 Å². The van der Waals surface area contributed by atoms with Crippen LogP contribution in [0.4, 0.5) is 5.69 Å². The number of hydrogen-bond donors (Lipinski definition) is 1. The number of nitriles is 1. The van der Waals surface area contributed by atoms with E-state index in [0.717, 1.165) is 0 Å². The zero-order chi connectivity index (χ0) is 21.4. The molecule has 8 nitrogen and oxygen atoms in total. The molecule has 0 spiro atoms. The fraction of sp³-hybridized carbons (Fsp3) is 0.300. The molecule has 0 unspecified atom stereocenters. The third kappa shape index (κ3) is 5.25. The lowest BCUT2D eigenvalue weighted by Crippen LogP contribution is -2.31. The van der Waals surface area contributed by atoms with Crippen molar-refractivity contribution in [3.8, 4) is 17.6 Å². The molecule has 2 aromatic carbocycles. The number of hydrogen-bond acceptors (Lipinski definition) is 6. The molecule has 9 heteroatoms. The minimum absolute atomic E-state index is 0.0587. The molecule has 29 heavy (non-hydrogen) atoms.